The predicted octanol–water partition coefficient (Wildman–Crippen LogP) is 5.08. The Kier molecular flexibility index (Phi) is 4.06. The summed E-state index contributed by atoms with van der Waals surface area (Å²) in [6, 6.07) is 19.0. The molecular formula is C24H30N2Si. The van der Waals surface area contributed by atoms with E-state index >= 15 is 0 Å². The Balaban J connectivity index is 1.59. The molecule has 0 fully saturated rings. The maximum absolute atomic E-state index is 2.73. The Labute approximate surface area is 163 Å². The van der Waals surface area contributed by atoms with E-state index in [-0.39, 0.29) is 0 Å². The molecule has 1 aromatic heterocycles. The minimum Gasteiger partial charge on any atom is -0.342 e. The lowest BCUT2D eigenvalue weighted by molar-refractivity contribution is 0.133. The number of aromatic nitrogens is 1. The van der Waals surface area contributed by atoms with Gasteiger partial charge in [-0.05, 0) is 36.5 Å². The quantitative estimate of drug-likeness (QED) is 0.580. The molecule has 2 aromatic carbocycles. The number of hydrogen-bond acceptors (Lipinski definition) is 1. The Morgan fingerprint density at radius 2 is 1.81 bits per heavy atom. The first-order valence-corrected chi connectivity index (χ1v) is 14.0. The van der Waals surface area contributed by atoms with Crippen molar-refractivity contribution in [2.45, 2.75) is 58.0 Å². The number of aryl methyl sites for hydroxylation is 1. The maximum Gasteiger partial charge on any atom is 0.0776 e. The first-order valence-electron chi connectivity index (χ1n) is 10.5. The van der Waals surface area contributed by atoms with Crippen molar-refractivity contribution in [1.29, 1.82) is 0 Å². The van der Waals surface area contributed by atoms with Crippen molar-refractivity contribution in [3.05, 3.63) is 65.4 Å². The van der Waals surface area contributed by atoms with E-state index in [0.29, 0.717) is 6.04 Å². The molecular weight excluding hydrogens is 344 g/mol. The van der Waals surface area contributed by atoms with Gasteiger partial charge in [0.25, 0.3) is 0 Å². The normalized spacial score (nSPS) is 20.0. The Morgan fingerprint density at radius 3 is 2.59 bits per heavy atom. The molecule has 2 nitrogen and oxygen atoms in total. The summed E-state index contributed by atoms with van der Waals surface area (Å²) in [5.41, 5.74) is 6.20. The molecule has 0 saturated carbocycles. The summed E-state index contributed by atoms with van der Waals surface area (Å²) in [4.78, 5) is 2.73. The molecule has 0 amide bonds. The minimum atomic E-state index is -1.28. The second-order valence-electron chi connectivity index (χ2n) is 9.36. The molecule has 1 aliphatic carbocycles. The first kappa shape index (κ1) is 17.3. The molecule has 0 unspecified atom stereocenters. The van der Waals surface area contributed by atoms with Crippen molar-refractivity contribution in [2.24, 2.45) is 0 Å². The molecule has 0 saturated heterocycles. The average Bonchev–Trinajstić information content (AvgIpc) is 2.99. The van der Waals surface area contributed by atoms with E-state index in [1.807, 2.05) is 0 Å². The summed E-state index contributed by atoms with van der Waals surface area (Å²) in [6.45, 7) is 10.7. The summed E-state index contributed by atoms with van der Waals surface area (Å²) < 4.78 is 2.66. The molecule has 0 N–H and O–H groups in total. The Hall–Kier alpha value is -1.84. The summed E-state index contributed by atoms with van der Waals surface area (Å²) in [5.74, 6) is 0. The average molecular weight is 375 g/mol. The zero-order valence-electron chi connectivity index (χ0n) is 16.8. The molecule has 3 heteroatoms. The van der Waals surface area contributed by atoms with Gasteiger partial charge in [0.05, 0.1) is 14.1 Å². The van der Waals surface area contributed by atoms with Crippen molar-refractivity contribution >= 4 is 24.2 Å². The molecule has 2 heterocycles. The third-order valence-electron chi connectivity index (χ3n) is 6.58. The Morgan fingerprint density at radius 1 is 1.00 bits per heavy atom. The highest BCUT2D eigenvalue weighted by atomic mass is 28.3. The van der Waals surface area contributed by atoms with Gasteiger partial charge in [0, 0.05) is 36.2 Å². The second-order valence-corrected chi connectivity index (χ2v) is 14.4. The predicted molar refractivity (Wildman–Crippen MR) is 117 cm³/mol. The van der Waals surface area contributed by atoms with Crippen LogP contribution in [0.15, 0.2) is 48.5 Å². The van der Waals surface area contributed by atoms with E-state index < -0.39 is 8.07 Å². The van der Waals surface area contributed by atoms with Crippen LogP contribution in [0.4, 0.5) is 0 Å². The molecule has 0 spiro atoms. The zero-order chi connectivity index (χ0) is 18.6. The topological polar surface area (TPSA) is 8.17 Å². The largest absolute Gasteiger partial charge is 0.342 e. The fourth-order valence-corrected chi connectivity index (χ4v) is 6.31. The van der Waals surface area contributed by atoms with Gasteiger partial charge in [-0.2, -0.15) is 0 Å². The maximum atomic E-state index is 2.73. The highest BCUT2D eigenvalue weighted by Gasteiger charge is 2.35. The molecule has 2 aliphatic rings. The molecule has 5 rings (SSSR count). The van der Waals surface area contributed by atoms with Crippen LogP contribution >= 0.6 is 0 Å². The van der Waals surface area contributed by atoms with Gasteiger partial charge in [0.15, 0.2) is 0 Å². The van der Waals surface area contributed by atoms with Crippen molar-refractivity contribution in [1.82, 2.24) is 9.47 Å². The standard InChI is InChI=1S/C24H30N2Si/c1-27(2,3)19-12-13-22-21(16-19)20-10-7-11-23-24(20)26(22)15-14-25(23)17-18-8-5-4-6-9-18/h4-6,8-9,12-13,16,23H,7,10-11,14-15,17H2,1-3H3/t23-/m0/s1. The third-order valence-corrected chi connectivity index (χ3v) is 8.62. The number of benzene rings is 2. The van der Waals surface area contributed by atoms with Crippen molar-refractivity contribution < 1.29 is 0 Å². The van der Waals surface area contributed by atoms with E-state index in [1.165, 1.54) is 30.3 Å². The summed E-state index contributed by atoms with van der Waals surface area (Å²) >= 11 is 0. The summed E-state index contributed by atoms with van der Waals surface area (Å²) in [7, 11) is -1.28. The number of nitrogens with zero attached hydrogens (tertiary/aromatic N) is 2. The summed E-state index contributed by atoms with van der Waals surface area (Å²) in [6.07, 6.45) is 3.87. The SMILES string of the molecule is C[Si](C)(C)c1ccc2c(c1)c1c3n2CCN(Cc2ccccc2)[C@H]3CCC1. The van der Waals surface area contributed by atoms with Crippen LogP contribution in [0, 0.1) is 0 Å². The van der Waals surface area contributed by atoms with Gasteiger partial charge in [-0.25, -0.2) is 0 Å². The molecule has 1 atom stereocenters. The van der Waals surface area contributed by atoms with E-state index in [4.69, 9.17) is 0 Å². The number of fused-ring (bicyclic) bond motifs is 3. The zero-order valence-corrected chi connectivity index (χ0v) is 17.8. The van der Waals surface area contributed by atoms with Crippen molar-refractivity contribution in [3.63, 3.8) is 0 Å². The molecule has 27 heavy (non-hydrogen) atoms. The monoisotopic (exact) mass is 374 g/mol. The van der Waals surface area contributed by atoms with E-state index in [9.17, 15) is 0 Å². The third kappa shape index (κ3) is 2.88. The highest BCUT2D eigenvalue weighted by Crippen LogP contribution is 2.42. The molecule has 140 valence electrons. The van der Waals surface area contributed by atoms with E-state index in [0.717, 1.165) is 19.6 Å². The van der Waals surface area contributed by atoms with Gasteiger partial charge in [0.1, 0.15) is 0 Å². The lowest BCUT2D eigenvalue weighted by Gasteiger charge is -2.40. The molecule has 3 aromatic rings. The van der Waals surface area contributed by atoms with Crippen LogP contribution in [-0.4, -0.2) is 24.1 Å². The van der Waals surface area contributed by atoms with Crippen LogP contribution in [0.25, 0.3) is 10.9 Å². The van der Waals surface area contributed by atoms with Crippen LogP contribution < -0.4 is 5.19 Å². The smallest absolute Gasteiger partial charge is 0.0776 e. The second kappa shape index (κ2) is 6.35. The molecule has 0 bridgehead atoms. The fourth-order valence-electron chi connectivity index (χ4n) is 5.15. The van der Waals surface area contributed by atoms with E-state index in [1.54, 1.807) is 21.8 Å². The fraction of sp³-hybridized carbons (Fsp3) is 0.417. The van der Waals surface area contributed by atoms with Gasteiger partial charge < -0.3 is 4.57 Å². The van der Waals surface area contributed by atoms with Gasteiger partial charge >= 0.3 is 0 Å². The summed E-state index contributed by atoms with van der Waals surface area (Å²) in [5, 5.41) is 3.15. The van der Waals surface area contributed by atoms with Crippen LogP contribution in [0.2, 0.25) is 19.6 Å². The van der Waals surface area contributed by atoms with Gasteiger partial charge in [0.2, 0.25) is 0 Å². The van der Waals surface area contributed by atoms with Crippen LogP contribution in [0.3, 0.4) is 0 Å². The minimum absolute atomic E-state index is 0.588. The lowest BCUT2D eigenvalue weighted by Crippen LogP contribution is -2.39. The Bertz CT molecular complexity index is 981. The van der Waals surface area contributed by atoms with Crippen molar-refractivity contribution in [2.75, 3.05) is 6.54 Å². The van der Waals surface area contributed by atoms with Crippen LogP contribution in [0.5, 0.6) is 0 Å². The highest BCUT2D eigenvalue weighted by molar-refractivity contribution is 6.88. The van der Waals surface area contributed by atoms with Gasteiger partial charge in [-0.1, -0.05) is 67.3 Å². The molecule has 0 radical (unpaired) electrons. The number of hydrogen-bond donors (Lipinski definition) is 0. The van der Waals surface area contributed by atoms with Crippen LogP contribution in [0.1, 0.15) is 35.7 Å². The lowest BCUT2D eigenvalue weighted by atomic mass is 9.89. The van der Waals surface area contributed by atoms with Gasteiger partial charge in [-0.3, -0.25) is 4.90 Å². The van der Waals surface area contributed by atoms with E-state index in [2.05, 4.69) is 77.6 Å². The van der Waals surface area contributed by atoms with Crippen LogP contribution in [-0.2, 0) is 19.5 Å². The number of rotatable bonds is 3. The molecule has 1 aliphatic heterocycles. The van der Waals surface area contributed by atoms with Gasteiger partial charge in [-0.15, -0.1) is 0 Å². The first-order chi connectivity index (χ1) is 13.0. The van der Waals surface area contributed by atoms with Crippen molar-refractivity contribution in [3.8, 4) is 0 Å².